The predicted octanol–water partition coefficient (Wildman–Crippen LogP) is 2.48. The standard InChI is InChI=1S/C17H26N4O/c1-12-10-15(12)21-17(18-2)20-11-13-6-5-9-19-16(13)22-14-7-3-4-8-14/h5-6,9,12,14-15H,3-4,7-8,10-11H2,1-2H3,(H2,18,20,21). The lowest BCUT2D eigenvalue weighted by Crippen LogP contribution is -2.38. The van der Waals surface area contributed by atoms with Crippen LogP contribution in [0.25, 0.3) is 0 Å². The molecule has 0 radical (unpaired) electrons. The number of aromatic nitrogens is 1. The summed E-state index contributed by atoms with van der Waals surface area (Å²) in [7, 11) is 1.81. The van der Waals surface area contributed by atoms with Gasteiger partial charge in [-0.3, -0.25) is 4.99 Å². The molecule has 1 heterocycles. The Bertz CT molecular complexity index is 525. The van der Waals surface area contributed by atoms with Gasteiger partial charge in [0.25, 0.3) is 0 Å². The highest BCUT2D eigenvalue weighted by atomic mass is 16.5. The number of nitrogens with one attached hydrogen (secondary N) is 2. The van der Waals surface area contributed by atoms with Crippen molar-refractivity contribution in [3.05, 3.63) is 23.9 Å². The average Bonchev–Trinajstić information content (AvgIpc) is 3.00. The minimum atomic E-state index is 0.332. The third-order valence-electron chi connectivity index (χ3n) is 4.53. The van der Waals surface area contributed by atoms with E-state index >= 15 is 0 Å². The number of aliphatic imine (C=N–C) groups is 1. The van der Waals surface area contributed by atoms with Gasteiger partial charge in [-0.25, -0.2) is 4.98 Å². The maximum Gasteiger partial charge on any atom is 0.218 e. The smallest absolute Gasteiger partial charge is 0.218 e. The van der Waals surface area contributed by atoms with Crippen molar-refractivity contribution in [1.29, 1.82) is 0 Å². The summed E-state index contributed by atoms with van der Waals surface area (Å²) in [6.07, 6.45) is 8.18. The highest BCUT2D eigenvalue weighted by molar-refractivity contribution is 5.80. The first-order valence-corrected chi connectivity index (χ1v) is 8.34. The fourth-order valence-electron chi connectivity index (χ4n) is 2.90. The van der Waals surface area contributed by atoms with Crippen LogP contribution in [0.4, 0.5) is 0 Å². The van der Waals surface area contributed by atoms with Crippen LogP contribution in [0.1, 0.15) is 44.6 Å². The molecule has 0 aromatic carbocycles. The first-order chi connectivity index (χ1) is 10.8. The molecule has 5 heteroatoms. The van der Waals surface area contributed by atoms with Crippen molar-refractivity contribution >= 4 is 5.96 Å². The highest BCUT2D eigenvalue weighted by Gasteiger charge is 2.33. The van der Waals surface area contributed by atoms with Crippen LogP contribution in [0.15, 0.2) is 23.3 Å². The van der Waals surface area contributed by atoms with Gasteiger partial charge in [-0.2, -0.15) is 0 Å². The zero-order chi connectivity index (χ0) is 15.4. The summed E-state index contributed by atoms with van der Waals surface area (Å²) < 4.78 is 6.07. The van der Waals surface area contributed by atoms with E-state index in [0.29, 0.717) is 18.7 Å². The molecule has 2 aliphatic rings. The minimum absolute atomic E-state index is 0.332. The van der Waals surface area contributed by atoms with E-state index in [1.54, 1.807) is 6.20 Å². The molecule has 120 valence electrons. The first kappa shape index (κ1) is 15.1. The Morgan fingerprint density at radius 2 is 2.18 bits per heavy atom. The Kier molecular flexibility index (Phi) is 4.80. The summed E-state index contributed by atoms with van der Waals surface area (Å²) in [5.41, 5.74) is 1.08. The van der Waals surface area contributed by atoms with Gasteiger partial charge in [0, 0.05) is 31.4 Å². The Labute approximate surface area is 132 Å². The third-order valence-corrected chi connectivity index (χ3v) is 4.53. The van der Waals surface area contributed by atoms with Gasteiger partial charge in [-0.05, 0) is 44.1 Å². The number of rotatable bonds is 5. The number of hydrogen-bond donors (Lipinski definition) is 2. The lowest BCUT2D eigenvalue weighted by atomic mass is 10.2. The summed E-state index contributed by atoms with van der Waals surface area (Å²) in [5, 5.41) is 6.79. The maximum atomic E-state index is 6.07. The zero-order valence-corrected chi connectivity index (χ0v) is 13.5. The predicted molar refractivity (Wildman–Crippen MR) is 88.0 cm³/mol. The van der Waals surface area contributed by atoms with Crippen molar-refractivity contribution in [2.24, 2.45) is 10.9 Å². The van der Waals surface area contributed by atoms with Crippen LogP contribution in [0, 0.1) is 5.92 Å². The van der Waals surface area contributed by atoms with Gasteiger partial charge in [-0.1, -0.05) is 13.0 Å². The van der Waals surface area contributed by atoms with E-state index in [9.17, 15) is 0 Å². The van der Waals surface area contributed by atoms with Gasteiger partial charge >= 0.3 is 0 Å². The molecule has 22 heavy (non-hydrogen) atoms. The molecule has 2 saturated carbocycles. The molecule has 2 unspecified atom stereocenters. The summed E-state index contributed by atoms with van der Waals surface area (Å²) in [4.78, 5) is 8.69. The number of nitrogens with zero attached hydrogens (tertiary/aromatic N) is 2. The number of hydrogen-bond acceptors (Lipinski definition) is 3. The van der Waals surface area contributed by atoms with Crippen molar-refractivity contribution in [1.82, 2.24) is 15.6 Å². The van der Waals surface area contributed by atoms with E-state index in [-0.39, 0.29) is 0 Å². The molecular formula is C17H26N4O. The van der Waals surface area contributed by atoms with Gasteiger partial charge in [0.1, 0.15) is 6.10 Å². The van der Waals surface area contributed by atoms with E-state index in [0.717, 1.165) is 36.2 Å². The first-order valence-electron chi connectivity index (χ1n) is 8.34. The molecule has 0 spiro atoms. The highest BCUT2D eigenvalue weighted by Crippen LogP contribution is 2.29. The molecule has 0 amide bonds. The van der Waals surface area contributed by atoms with E-state index in [2.05, 4.69) is 33.6 Å². The maximum absolute atomic E-state index is 6.07. The molecule has 0 bridgehead atoms. The van der Waals surface area contributed by atoms with Crippen molar-refractivity contribution in [2.75, 3.05) is 7.05 Å². The molecule has 5 nitrogen and oxygen atoms in total. The van der Waals surface area contributed by atoms with Crippen molar-refractivity contribution < 1.29 is 4.74 Å². The topological polar surface area (TPSA) is 58.5 Å². The van der Waals surface area contributed by atoms with Crippen LogP contribution in [-0.4, -0.2) is 30.1 Å². The second-order valence-corrected chi connectivity index (χ2v) is 6.38. The summed E-state index contributed by atoms with van der Waals surface area (Å²) >= 11 is 0. The molecule has 3 rings (SSSR count). The zero-order valence-electron chi connectivity index (χ0n) is 13.5. The SMILES string of the molecule is CN=C(NCc1cccnc1OC1CCCC1)NC1CC1C. The van der Waals surface area contributed by atoms with Gasteiger partial charge in [0.15, 0.2) is 5.96 Å². The molecule has 2 fully saturated rings. The third kappa shape index (κ3) is 3.90. The van der Waals surface area contributed by atoms with Crippen LogP contribution in [0.2, 0.25) is 0 Å². The number of guanidine groups is 1. The van der Waals surface area contributed by atoms with Crippen LogP contribution >= 0.6 is 0 Å². The largest absolute Gasteiger partial charge is 0.474 e. The van der Waals surface area contributed by atoms with Crippen LogP contribution < -0.4 is 15.4 Å². The Morgan fingerprint density at radius 1 is 1.41 bits per heavy atom. The molecule has 1 aromatic rings. The van der Waals surface area contributed by atoms with E-state index in [1.165, 1.54) is 19.3 Å². The van der Waals surface area contributed by atoms with Crippen molar-refractivity contribution in [3.63, 3.8) is 0 Å². The minimum Gasteiger partial charge on any atom is -0.474 e. The molecule has 2 N–H and O–H groups in total. The van der Waals surface area contributed by atoms with Crippen molar-refractivity contribution in [3.8, 4) is 5.88 Å². The van der Waals surface area contributed by atoms with Crippen LogP contribution in [-0.2, 0) is 6.54 Å². The van der Waals surface area contributed by atoms with E-state index < -0.39 is 0 Å². The Hall–Kier alpha value is -1.78. The fourth-order valence-corrected chi connectivity index (χ4v) is 2.90. The van der Waals surface area contributed by atoms with E-state index in [4.69, 9.17) is 4.74 Å². The van der Waals surface area contributed by atoms with Crippen LogP contribution in [0.3, 0.4) is 0 Å². The van der Waals surface area contributed by atoms with Gasteiger partial charge < -0.3 is 15.4 Å². The summed E-state index contributed by atoms with van der Waals surface area (Å²) in [6, 6.07) is 4.59. The van der Waals surface area contributed by atoms with E-state index in [1.807, 2.05) is 13.1 Å². The van der Waals surface area contributed by atoms with Gasteiger partial charge in [0.2, 0.25) is 5.88 Å². The second-order valence-electron chi connectivity index (χ2n) is 6.38. The molecule has 2 atom stereocenters. The van der Waals surface area contributed by atoms with Crippen LogP contribution in [0.5, 0.6) is 5.88 Å². The fraction of sp³-hybridized carbons (Fsp3) is 0.647. The van der Waals surface area contributed by atoms with Gasteiger partial charge in [-0.15, -0.1) is 0 Å². The Balaban J connectivity index is 1.56. The number of pyridine rings is 1. The molecule has 2 aliphatic carbocycles. The summed E-state index contributed by atoms with van der Waals surface area (Å²) in [5.74, 6) is 2.36. The Morgan fingerprint density at radius 3 is 2.86 bits per heavy atom. The lowest BCUT2D eigenvalue weighted by molar-refractivity contribution is 0.199. The molecular weight excluding hydrogens is 276 g/mol. The second kappa shape index (κ2) is 6.99. The normalized spacial score (nSPS) is 25.1. The molecule has 0 saturated heterocycles. The molecule has 1 aromatic heterocycles. The lowest BCUT2D eigenvalue weighted by Gasteiger charge is -2.16. The van der Waals surface area contributed by atoms with Crippen molar-refractivity contribution in [2.45, 2.75) is 57.7 Å². The monoisotopic (exact) mass is 302 g/mol. The molecule has 0 aliphatic heterocycles. The quantitative estimate of drug-likeness (QED) is 0.648. The van der Waals surface area contributed by atoms with Gasteiger partial charge in [0.05, 0.1) is 0 Å². The average molecular weight is 302 g/mol. The number of ether oxygens (including phenoxy) is 1. The summed E-state index contributed by atoms with van der Waals surface area (Å²) in [6.45, 7) is 2.93.